The number of hydrogen-bond acceptors (Lipinski definition) is 3. The molecule has 0 aliphatic carbocycles. The lowest BCUT2D eigenvalue weighted by molar-refractivity contribution is -0.147. The van der Waals surface area contributed by atoms with Gasteiger partial charge in [-0.25, -0.2) is 0 Å². The maximum Gasteiger partial charge on any atom is 0.228 e. The molecule has 1 aliphatic rings. The standard InChI is InChI=1S/C26H35N3O2/c1-5-21(6-2)24(30)29-15-12-26(13-16-29,25(31)28(3)4)18-20-9-7-10-22(17-20)23-11-8-14-27-19-23/h7-11,14,17,19,21H,5-6,12-13,15-16,18H2,1-4H3. The Morgan fingerprint density at radius 1 is 1.06 bits per heavy atom. The number of carbonyl (C=O) groups excluding carboxylic acids is 2. The Hall–Kier alpha value is -2.69. The predicted octanol–water partition coefficient (Wildman–Crippen LogP) is 4.42. The van der Waals surface area contributed by atoms with E-state index in [1.807, 2.05) is 31.3 Å². The van der Waals surface area contributed by atoms with Crippen molar-refractivity contribution in [3.05, 3.63) is 54.4 Å². The van der Waals surface area contributed by atoms with Crippen molar-refractivity contribution in [3.63, 3.8) is 0 Å². The van der Waals surface area contributed by atoms with Gasteiger partial charge in [0.2, 0.25) is 11.8 Å². The number of pyridine rings is 1. The molecule has 1 aromatic heterocycles. The molecule has 31 heavy (non-hydrogen) atoms. The van der Waals surface area contributed by atoms with Gasteiger partial charge in [0.15, 0.2) is 0 Å². The molecular formula is C26H35N3O2. The average molecular weight is 422 g/mol. The fourth-order valence-corrected chi connectivity index (χ4v) is 4.78. The molecule has 0 N–H and O–H groups in total. The predicted molar refractivity (Wildman–Crippen MR) is 124 cm³/mol. The minimum atomic E-state index is -0.470. The highest BCUT2D eigenvalue weighted by atomic mass is 16.2. The Morgan fingerprint density at radius 2 is 1.74 bits per heavy atom. The van der Waals surface area contributed by atoms with Crippen LogP contribution in [0.1, 0.15) is 45.1 Å². The fourth-order valence-electron chi connectivity index (χ4n) is 4.78. The molecular weight excluding hydrogens is 386 g/mol. The molecule has 0 saturated carbocycles. The van der Waals surface area contributed by atoms with Crippen LogP contribution in [0.15, 0.2) is 48.8 Å². The van der Waals surface area contributed by atoms with Crippen molar-refractivity contribution in [3.8, 4) is 11.1 Å². The van der Waals surface area contributed by atoms with Crippen molar-refractivity contribution in [1.82, 2.24) is 14.8 Å². The molecule has 1 aromatic carbocycles. The van der Waals surface area contributed by atoms with Crippen molar-refractivity contribution >= 4 is 11.8 Å². The number of carbonyl (C=O) groups is 2. The molecule has 1 saturated heterocycles. The summed E-state index contributed by atoms with van der Waals surface area (Å²) in [6, 6.07) is 12.4. The lowest BCUT2D eigenvalue weighted by Gasteiger charge is -2.43. The molecule has 5 heteroatoms. The van der Waals surface area contributed by atoms with Crippen LogP contribution >= 0.6 is 0 Å². The third-order valence-electron chi connectivity index (χ3n) is 6.69. The van der Waals surface area contributed by atoms with Gasteiger partial charge in [0, 0.05) is 45.5 Å². The zero-order chi connectivity index (χ0) is 22.4. The van der Waals surface area contributed by atoms with Crippen LogP contribution < -0.4 is 0 Å². The van der Waals surface area contributed by atoms with E-state index in [-0.39, 0.29) is 17.7 Å². The van der Waals surface area contributed by atoms with E-state index < -0.39 is 5.41 Å². The summed E-state index contributed by atoms with van der Waals surface area (Å²) in [7, 11) is 3.66. The SMILES string of the molecule is CCC(CC)C(=O)N1CCC(Cc2cccc(-c3cccnc3)c2)(C(=O)N(C)C)CC1. The van der Waals surface area contributed by atoms with Gasteiger partial charge in [-0.3, -0.25) is 14.6 Å². The van der Waals surface area contributed by atoms with Crippen molar-refractivity contribution in [2.45, 2.75) is 46.0 Å². The molecule has 0 bridgehead atoms. The third kappa shape index (κ3) is 5.15. The summed E-state index contributed by atoms with van der Waals surface area (Å²) in [5.41, 5.74) is 2.86. The molecule has 0 spiro atoms. The van der Waals surface area contributed by atoms with Crippen LogP contribution in [-0.2, 0) is 16.0 Å². The van der Waals surface area contributed by atoms with Crippen molar-refractivity contribution in [2.75, 3.05) is 27.2 Å². The van der Waals surface area contributed by atoms with Crippen LogP contribution in [0.2, 0.25) is 0 Å². The highest BCUT2D eigenvalue weighted by Crippen LogP contribution is 2.38. The van der Waals surface area contributed by atoms with Gasteiger partial charge in [-0.2, -0.15) is 0 Å². The first-order valence-electron chi connectivity index (χ1n) is 11.4. The number of amides is 2. The molecule has 166 valence electrons. The van der Waals surface area contributed by atoms with Crippen LogP contribution in [0.25, 0.3) is 11.1 Å². The number of benzene rings is 1. The Morgan fingerprint density at radius 3 is 2.32 bits per heavy atom. The van der Waals surface area contributed by atoms with E-state index in [9.17, 15) is 9.59 Å². The van der Waals surface area contributed by atoms with Gasteiger partial charge in [-0.15, -0.1) is 0 Å². The van der Waals surface area contributed by atoms with Crippen LogP contribution in [-0.4, -0.2) is 53.8 Å². The monoisotopic (exact) mass is 421 g/mol. The summed E-state index contributed by atoms with van der Waals surface area (Å²) in [4.78, 5) is 34.1. The lowest BCUT2D eigenvalue weighted by atomic mass is 9.72. The number of aromatic nitrogens is 1. The maximum atomic E-state index is 13.3. The van der Waals surface area contributed by atoms with Crippen LogP contribution in [0.3, 0.4) is 0 Å². The normalized spacial score (nSPS) is 15.7. The second-order valence-corrected chi connectivity index (χ2v) is 8.94. The smallest absolute Gasteiger partial charge is 0.228 e. The van der Waals surface area contributed by atoms with E-state index in [1.54, 1.807) is 11.1 Å². The minimum absolute atomic E-state index is 0.0909. The Labute approximate surface area is 186 Å². The van der Waals surface area contributed by atoms with Gasteiger partial charge >= 0.3 is 0 Å². The molecule has 2 aromatic rings. The highest BCUT2D eigenvalue weighted by Gasteiger charge is 2.43. The van der Waals surface area contributed by atoms with Gasteiger partial charge in [-0.1, -0.05) is 44.2 Å². The first-order chi connectivity index (χ1) is 14.9. The molecule has 0 unspecified atom stereocenters. The highest BCUT2D eigenvalue weighted by molar-refractivity contribution is 5.84. The summed E-state index contributed by atoms with van der Waals surface area (Å²) in [5.74, 6) is 0.497. The molecule has 3 rings (SSSR count). The van der Waals surface area contributed by atoms with Crippen LogP contribution in [0, 0.1) is 11.3 Å². The van der Waals surface area contributed by atoms with Crippen LogP contribution in [0.5, 0.6) is 0 Å². The van der Waals surface area contributed by atoms with Gasteiger partial charge in [0.05, 0.1) is 5.41 Å². The second-order valence-electron chi connectivity index (χ2n) is 8.94. The molecule has 2 amide bonds. The zero-order valence-electron chi connectivity index (χ0n) is 19.3. The van der Waals surface area contributed by atoms with E-state index in [1.165, 1.54) is 0 Å². The summed E-state index contributed by atoms with van der Waals surface area (Å²) in [6.45, 7) is 5.45. The quantitative estimate of drug-likeness (QED) is 0.665. The molecule has 0 radical (unpaired) electrons. The fraction of sp³-hybridized carbons (Fsp3) is 0.500. The zero-order valence-corrected chi connectivity index (χ0v) is 19.3. The first-order valence-corrected chi connectivity index (χ1v) is 11.4. The van der Waals surface area contributed by atoms with E-state index >= 15 is 0 Å². The van der Waals surface area contributed by atoms with Crippen molar-refractivity contribution in [1.29, 1.82) is 0 Å². The molecule has 0 atom stereocenters. The number of nitrogens with zero attached hydrogens (tertiary/aromatic N) is 3. The Kier molecular flexibility index (Phi) is 7.47. The second kappa shape index (κ2) is 10.1. The van der Waals surface area contributed by atoms with Gasteiger partial charge in [-0.05, 0) is 54.9 Å². The van der Waals surface area contributed by atoms with Crippen LogP contribution in [0.4, 0.5) is 0 Å². The first kappa shape index (κ1) is 23.0. The topological polar surface area (TPSA) is 53.5 Å². The summed E-state index contributed by atoms with van der Waals surface area (Å²) >= 11 is 0. The maximum absolute atomic E-state index is 13.3. The van der Waals surface area contributed by atoms with E-state index in [0.717, 1.165) is 29.5 Å². The van der Waals surface area contributed by atoms with Gasteiger partial charge in [0.25, 0.3) is 0 Å². The molecule has 1 aliphatic heterocycles. The summed E-state index contributed by atoms with van der Waals surface area (Å²) in [5, 5.41) is 0. The number of rotatable bonds is 7. The average Bonchev–Trinajstić information content (AvgIpc) is 2.80. The summed E-state index contributed by atoms with van der Waals surface area (Å²) < 4.78 is 0. The van der Waals surface area contributed by atoms with Gasteiger partial charge in [0.1, 0.15) is 0 Å². The molecule has 5 nitrogen and oxygen atoms in total. The van der Waals surface area contributed by atoms with E-state index in [0.29, 0.717) is 32.4 Å². The molecule has 2 heterocycles. The Balaban J connectivity index is 1.82. The lowest BCUT2D eigenvalue weighted by Crippen LogP contribution is -2.51. The largest absolute Gasteiger partial charge is 0.348 e. The van der Waals surface area contributed by atoms with Crippen molar-refractivity contribution in [2.24, 2.45) is 11.3 Å². The Bertz CT molecular complexity index is 883. The molecule has 1 fully saturated rings. The number of hydrogen-bond donors (Lipinski definition) is 0. The number of piperidine rings is 1. The van der Waals surface area contributed by atoms with Gasteiger partial charge < -0.3 is 9.80 Å². The summed E-state index contributed by atoms with van der Waals surface area (Å²) in [6.07, 6.45) is 7.46. The number of likely N-dealkylation sites (tertiary alicyclic amines) is 1. The third-order valence-corrected chi connectivity index (χ3v) is 6.69. The van der Waals surface area contributed by atoms with E-state index in [4.69, 9.17) is 0 Å². The minimum Gasteiger partial charge on any atom is -0.348 e. The van der Waals surface area contributed by atoms with E-state index in [2.05, 4.69) is 49.2 Å². The van der Waals surface area contributed by atoms with Crippen molar-refractivity contribution < 1.29 is 9.59 Å².